The van der Waals surface area contributed by atoms with Crippen LogP contribution in [-0.2, 0) is 16.0 Å². The molecule has 2 N–H and O–H groups in total. The molecule has 0 fully saturated rings. The van der Waals surface area contributed by atoms with Crippen molar-refractivity contribution in [3.8, 4) is 11.1 Å². The highest BCUT2D eigenvalue weighted by Crippen LogP contribution is 2.37. The molecule has 0 aliphatic heterocycles. The summed E-state index contributed by atoms with van der Waals surface area (Å²) in [6.45, 7) is 4.94. The van der Waals surface area contributed by atoms with Gasteiger partial charge in [-0.2, -0.15) is 0 Å². The Morgan fingerprint density at radius 1 is 1.09 bits per heavy atom. The number of aryl methyl sites for hydroxylation is 2. The number of carbonyl (C=O) groups excluding carboxylic acids is 1. The van der Waals surface area contributed by atoms with Crippen LogP contribution < -0.4 is 10.9 Å². The van der Waals surface area contributed by atoms with Crippen LogP contribution in [-0.4, -0.2) is 23.0 Å². The number of amides is 1. The maximum Gasteiger partial charge on any atom is 0.340 e. The van der Waals surface area contributed by atoms with Crippen molar-refractivity contribution < 1.29 is 23.5 Å². The summed E-state index contributed by atoms with van der Waals surface area (Å²) in [6, 6.07) is 8.69. The molecule has 0 radical (unpaired) electrons. The van der Waals surface area contributed by atoms with Crippen LogP contribution in [0.4, 0.5) is 0 Å². The highest BCUT2D eigenvalue weighted by molar-refractivity contribution is 9.10. The largest absolute Gasteiger partial charge is 0.480 e. The first kappa shape index (κ1) is 21.8. The molecule has 2 heterocycles. The third-order valence-corrected chi connectivity index (χ3v) is 6.11. The monoisotopic (exact) mass is 497 g/mol. The second-order valence-electron chi connectivity index (χ2n) is 7.71. The predicted octanol–water partition coefficient (Wildman–Crippen LogP) is 4.72. The minimum Gasteiger partial charge on any atom is -0.480 e. The lowest BCUT2D eigenvalue weighted by molar-refractivity contribution is -0.141. The zero-order valence-corrected chi connectivity index (χ0v) is 19.2. The summed E-state index contributed by atoms with van der Waals surface area (Å²) in [4.78, 5) is 35.9. The van der Waals surface area contributed by atoms with Gasteiger partial charge in [0.1, 0.15) is 17.2 Å². The summed E-state index contributed by atoms with van der Waals surface area (Å²) in [5.74, 6) is -1.72. The van der Waals surface area contributed by atoms with Crippen molar-refractivity contribution in [2.45, 2.75) is 33.2 Å². The molecule has 32 heavy (non-hydrogen) atoms. The Morgan fingerprint density at radius 3 is 2.44 bits per heavy atom. The number of halogens is 1. The fourth-order valence-electron chi connectivity index (χ4n) is 3.77. The van der Waals surface area contributed by atoms with Gasteiger partial charge in [-0.15, -0.1) is 0 Å². The summed E-state index contributed by atoms with van der Waals surface area (Å²) < 4.78 is 12.4. The fourth-order valence-corrected chi connectivity index (χ4v) is 4.03. The molecule has 7 nitrogen and oxygen atoms in total. The molecule has 0 spiro atoms. The molecule has 0 saturated carbocycles. The van der Waals surface area contributed by atoms with Crippen molar-refractivity contribution >= 4 is 49.7 Å². The number of fused-ring (bicyclic) bond motifs is 2. The third kappa shape index (κ3) is 3.82. The molecule has 1 atom stereocenters. The van der Waals surface area contributed by atoms with Gasteiger partial charge in [0.15, 0.2) is 0 Å². The molecule has 0 aliphatic carbocycles. The number of hydrogen-bond acceptors (Lipinski definition) is 5. The lowest BCUT2D eigenvalue weighted by Crippen LogP contribution is -2.39. The van der Waals surface area contributed by atoms with Gasteiger partial charge in [-0.05, 0) is 50.1 Å². The number of benzene rings is 2. The predicted molar refractivity (Wildman–Crippen MR) is 124 cm³/mol. The molecule has 0 bridgehead atoms. The zero-order valence-electron chi connectivity index (χ0n) is 17.6. The number of furan rings is 1. The summed E-state index contributed by atoms with van der Waals surface area (Å²) in [6.07, 6.45) is 1.40. The van der Waals surface area contributed by atoms with E-state index in [1.54, 1.807) is 13.2 Å². The van der Waals surface area contributed by atoms with Gasteiger partial charge < -0.3 is 19.3 Å². The van der Waals surface area contributed by atoms with Crippen molar-refractivity contribution in [1.82, 2.24) is 5.32 Å². The summed E-state index contributed by atoms with van der Waals surface area (Å²) in [5, 5.41) is 12.9. The second-order valence-corrected chi connectivity index (χ2v) is 8.62. The minimum atomic E-state index is -1.15. The van der Waals surface area contributed by atoms with Crippen LogP contribution in [0.1, 0.15) is 23.6 Å². The van der Waals surface area contributed by atoms with E-state index >= 15 is 0 Å². The second kappa shape index (κ2) is 8.27. The van der Waals surface area contributed by atoms with Gasteiger partial charge in [0.05, 0.1) is 18.2 Å². The molecule has 0 aliphatic rings. The minimum absolute atomic E-state index is 0.194. The van der Waals surface area contributed by atoms with Crippen LogP contribution in [0.5, 0.6) is 0 Å². The molecule has 4 aromatic rings. The molecule has 4 rings (SSSR count). The van der Waals surface area contributed by atoms with Crippen LogP contribution in [0.3, 0.4) is 0 Å². The summed E-state index contributed by atoms with van der Waals surface area (Å²) >= 11 is 3.44. The normalized spacial score (nSPS) is 12.2. The zero-order chi connectivity index (χ0) is 23.2. The van der Waals surface area contributed by atoms with Crippen molar-refractivity contribution in [2.24, 2.45) is 0 Å². The van der Waals surface area contributed by atoms with Crippen molar-refractivity contribution in [2.75, 3.05) is 0 Å². The van der Waals surface area contributed by atoms with Crippen LogP contribution >= 0.6 is 15.9 Å². The van der Waals surface area contributed by atoms with Crippen LogP contribution in [0, 0.1) is 13.8 Å². The molecule has 2 aromatic heterocycles. The van der Waals surface area contributed by atoms with E-state index in [0.717, 1.165) is 21.0 Å². The average Bonchev–Trinajstić information content (AvgIpc) is 3.17. The number of carbonyl (C=O) groups is 2. The quantitative estimate of drug-likeness (QED) is 0.386. The maximum absolute atomic E-state index is 12.7. The van der Waals surface area contributed by atoms with Gasteiger partial charge in [0.2, 0.25) is 5.91 Å². The van der Waals surface area contributed by atoms with Gasteiger partial charge in [-0.1, -0.05) is 28.1 Å². The van der Waals surface area contributed by atoms with E-state index in [1.165, 1.54) is 6.92 Å². The highest BCUT2D eigenvalue weighted by atomic mass is 79.9. The van der Waals surface area contributed by atoms with Crippen LogP contribution in [0.2, 0.25) is 0 Å². The van der Waals surface area contributed by atoms with Crippen molar-refractivity contribution in [1.29, 1.82) is 0 Å². The van der Waals surface area contributed by atoms with E-state index in [4.69, 9.17) is 13.9 Å². The Morgan fingerprint density at radius 2 is 1.78 bits per heavy atom. The summed E-state index contributed by atoms with van der Waals surface area (Å²) in [7, 11) is 0. The van der Waals surface area contributed by atoms with E-state index in [9.17, 15) is 14.4 Å². The number of aliphatic carboxylic acids is 1. The molecule has 8 heteroatoms. The topological polar surface area (TPSA) is 110 Å². The Hall–Kier alpha value is -3.39. The van der Waals surface area contributed by atoms with Gasteiger partial charge in [-0.3, -0.25) is 9.59 Å². The molecule has 164 valence electrons. The third-order valence-electron chi connectivity index (χ3n) is 5.58. The van der Waals surface area contributed by atoms with Crippen molar-refractivity contribution in [3.05, 3.63) is 68.2 Å². The Balaban J connectivity index is 1.85. The number of rotatable bonds is 5. The highest BCUT2D eigenvalue weighted by Gasteiger charge is 2.21. The van der Waals surface area contributed by atoms with E-state index < -0.39 is 23.5 Å². The first-order valence-electron chi connectivity index (χ1n) is 9.92. The average molecular weight is 498 g/mol. The lowest BCUT2D eigenvalue weighted by Gasteiger charge is -2.12. The fraction of sp³-hybridized carbons (Fsp3) is 0.208. The van der Waals surface area contributed by atoms with Crippen LogP contribution in [0.15, 0.2) is 54.7 Å². The number of hydrogen-bond donors (Lipinski definition) is 2. The van der Waals surface area contributed by atoms with E-state index in [-0.39, 0.29) is 12.0 Å². The standard InChI is InChI=1S/C24H20BrNO6/c1-11-16-8-18-19(14-4-6-15(25)7-5-14)10-31-21(18)12(2)22(16)32-24(30)17(11)9-20(27)26-13(3)23(28)29/h4-8,10,13H,9H2,1-3H3,(H,26,27)(H,28,29)/t13-/m1/s1. The van der Waals surface area contributed by atoms with Gasteiger partial charge in [-0.25, -0.2) is 4.79 Å². The molecule has 2 aromatic carbocycles. The van der Waals surface area contributed by atoms with Crippen molar-refractivity contribution in [3.63, 3.8) is 0 Å². The van der Waals surface area contributed by atoms with Gasteiger partial charge in [0, 0.05) is 26.4 Å². The smallest absolute Gasteiger partial charge is 0.340 e. The van der Waals surface area contributed by atoms with Gasteiger partial charge >= 0.3 is 11.6 Å². The first-order chi connectivity index (χ1) is 15.2. The number of nitrogens with one attached hydrogen (secondary N) is 1. The Labute approximate surface area is 191 Å². The first-order valence-corrected chi connectivity index (χ1v) is 10.7. The summed E-state index contributed by atoms with van der Waals surface area (Å²) in [5.41, 5.74) is 3.77. The molecule has 1 amide bonds. The number of carboxylic acid groups (broad SMARTS) is 1. The van der Waals surface area contributed by atoms with Crippen LogP contribution in [0.25, 0.3) is 33.1 Å². The maximum atomic E-state index is 12.7. The molecular weight excluding hydrogens is 478 g/mol. The van der Waals surface area contributed by atoms with E-state index in [0.29, 0.717) is 27.7 Å². The van der Waals surface area contributed by atoms with Gasteiger partial charge in [0.25, 0.3) is 0 Å². The Bertz CT molecular complexity index is 1430. The molecular formula is C24H20BrNO6. The number of carboxylic acids is 1. The van der Waals surface area contributed by atoms with E-state index in [1.807, 2.05) is 37.3 Å². The molecule has 0 saturated heterocycles. The SMILES string of the molecule is Cc1c(CC(=O)N[C@H](C)C(=O)O)c(=O)oc2c(C)c3occ(-c4ccc(Br)cc4)c3cc12. The lowest BCUT2D eigenvalue weighted by atomic mass is 9.97. The molecule has 0 unspecified atom stereocenters. The van der Waals surface area contributed by atoms with E-state index in [2.05, 4.69) is 21.2 Å². The Kier molecular flexibility index (Phi) is 5.64.